The van der Waals surface area contributed by atoms with Gasteiger partial charge in [-0.05, 0) is 30.4 Å². The molecular formula is C15H22O2. The Hall–Kier alpha value is -0.920. The van der Waals surface area contributed by atoms with Crippen LogP contribution in [0.25, 0.3) is 0 Å². The minimum Gasteiger partial charge on any atom is -0.295 e. The highest BCUT2D eigenvalue weighted by atomic mass is 16.1. The van der Waals surface area contributed by atoms with Crippen LogP contribution < -0.4 is 0 Å². The van der Waals surface area contributed by atoms with Crippen LogP contribution in [0.1, 0.15) is 58.3 Å². The maximum Gasteiger partial charge on any atom is 0.162 e. The molecule has 0 heterocycles. The summed E-state index contributed by atoms with van der Waals surface area (Å²) in [5.41, 5.74) is 0.791. The maximum absolute atomic E-state index is 11.9. The predicted molar refractivity (Wildman–Crippen MR) is 67.7 cm³/mol. The van der Waals surface area contributed by atoms with Crippen LogP contribution in [0, 0.1) is 11.8 Å². The highest BCUT2D eigenvalue weighted by Crippen LogP contribution is 2.30. The fourth-order valence-corrected chi connectivity index (χ4v) is 3.07. The lowest BCUT2D eigenvalue weighted by atomic mass is 9.81. The van der Waals surface area contributed by atoms with E-state index < -0.39 is 0 Å². The lowest BCUT2D eigenvalue weighted by Crippen LogP contribution is -2.23. The van der Waals surface area contributed by atoms with Gasteiger partial charge >= 0.3 is 0 Å². The third kappa shape index (κ3) is 3.27. The Labute approximate surface area is 103 Å². The Morgan fingerprint density at radius 2 is 1.88 bits per heavy atom. The second-order valence-electron chi connectivity index (χ2n) is 5.65. The van der Waals surface area contributed by atoms with Crippen LogP contribution in [0.15, 0.2) is 11.6 Å². The minimum atomic E-state index is -0.0890. The van der Waals surface area contributed by atoms with Gasteiger partial charge in [-0.3, -0.25) is 9.59 Å². The highest BCUT2D eigenvalue weighted by Gasteiger charge is 2.26. The Morgan fingerprint density at radius 3 is 2.59 bits per heavy atom. The molecule has 0 aromatic heterocycles. The largest absolute Gasteiger partial charge is 0.295 e. The van der Waals surface area contributed by atoms with E-state index in [1.54, 1.807) is 6.08 Å². The van der Waals surface area contributed by atoms with E-state index in [1.807, 2.05) is 6.92 Å². The van der Waals surface area contributed by atoms with Crippen molar-refractivity contribution in [1.82, 2.24) is 0 Å². The Kier molecular flexibility index (Phi) is 4.14. The van der Waals surface area contributed by atoms with Crippen molar-refractivity contribution in [1.29, 1.82) is 0 Å². The molecule has 2 heteroatoms. The van der Waals surface area contributed by atoms with Crippen LogP contribution in [0.3, 0.4) is 0 Å². The van der Waals surface area contributed by atoms with Gasteiger partial charge in [0.25, 0.3) is 0 Å². The quantitative estimate of drug-likeness (QED) is 0.749. The first-order valence-electron chi connectivity index (χ1n) is 6.94. The van der Waals surface area contributed by atoms with Gasteiger partial charge < -0.3 is 0 Å². The van der Waals surface area contributed by atoms with Gasteiger partial charge in [0.15, 0.2) is 11.6 Å². The second kappa shape index (κ2) is 5.61. The lowest BCUT2D eigenvalue weighted by molar-refractivity contribution is -0.125. The Morgan fingerprint density at radius 1 is 1.18 bits per heavy atom. The first-order valence-corrected chi connectivity index (χ1v) is 6.94. The fourth-order valence-electron chi connectivity index (χ4n) is 3.07. The smallest absolute Gasteiger partial charge is 0.162 e. The van der Waals surface area contributed by atoms with Gasteiger partial charge in [0, 0.05) is 12.3 Å². The molecule has 0 saturated heterocycles. The van der Waals surface area contributed by atoms with Crippen molar-refractivity contribution < 1.29 is 9.59 Å². The molecule has 0 aromatic rings. The Balaban J connectivity index is 1.89. The first-order chi connectivity index (χ1) is 8.16. The zero-order valence-electron chi connectivity index (χ0n) is 10.7. The van der Waals surface area contributed by atoms with Crippen LogP contribution in [0.4, 0.5) is 0 Å². The molecule has 0 aromatic carbocycles. The summed E-state index contributed by atoms with van der Waals surface area (Å²) in [7, 11) is 0. The summed E-state index contributed by atoms with van der Waals surface area (Å²) in [6.45, 7) is 1.87. The molecule has 2 nitrogen and oxygen atoms in total. The second-order valence-corrected chi connectivity index (χ2v) is 5.65. The average Bonchev–Trinajstić information content (AvgIpc) is 2.33. The van der Waals surface area contributed by atoms with Crippen molar-refractivity contribution in [3.05, 3.63) is 11.6 Å². The van der Waals surface area contributed by atoms with Crippen LogP contribution in [0.2, 0.25) is 0 Å². The molecule has 0 aliphatic heterocycles. The molecule has 2 aliphatic carbocycles. The van der Waals surface area contributed by atoms with Gasteiger partial charge in [0.05, 0.1) is 0 Å². The molecular weight excluding hydrogens is 212 g/mol. The van der Waals surface area contributed by atoms with E-state index in [-0.39, 0.29) is 17.5 Å². The number of allylic oxidation sites excluding steroid dienone is 2. The molecule has 0 N–H and O–H groups in total. The van der Waals surface area contributed by atoms with E-state index in [1.165, 1.54) is 32.1 Å². The summed E-state index contributed by atoms with van der Waals surface area (Å²) in [6, 6.07) is 0. The van der Waals surface area contributed by atoms with Gasteiger partial charge in [-0.1, -0.05) is 39.0 Å². The van der Waals surface area contributed by atoms with Crippen LogP contribution in [-0.4, -0.2) is 11.6 Å². The van der Waals surface area contributed by atoms with Gasteiger partial charge in [-0.2, -0.15) is 0 Å². The number of ketones is 2. The van der Waals surface area contributed by atoms with Gasteiger partial charge in [0.1, 0.15) is 0 Å². The molecule has 1 saturated carbocycles. The summed E-state index contributed by atoms with van der Waals surface area (Å²) in [6.07, 6.45) is 10.6. The summed E-state index contributed by atoms with van der Waals surface area (Å²) in [5.74, 6) is 1.04. The Bertz CT molecular complexity index is 335. The summed E-state index contributed by atoms with van der Waals surface area (Å²) in [4.78, 5) is 23.4. The number of carbonyl (C=O) groups excluding carboxylic acids is 2. The third-order valence-corrected chi connectivity index (χ3v) is 4.15. The van der Waals surface area contributed by atoms with E-state index in [9.17, 15) is 9.59 Å². The fraction of sp³-hybridized carbons (Fsp3) is 0.733. The van der Waals surface area contributed by atoms with E-state index in [4.69, 9.17) is 0 Å². The van der Waals surface area contributed by atoms with Crippen molar-refractivity contribution in [3.63, 3.8) is 0 Å². The molecule has 94 valence electrons. The SMILES string of the molecule is CC1CC(=O)C=C(CCC2CCCCC2)C1=O. The zero-order chi connectivity index (χ0) is 12.3. The van der Waals surface area contributed by atoms with E-state index in [0.717, 1.165) is 24.3 Å². The first kappa shape index (κ1) is 12.5. The third-order valence-electron chi connectivity index (χ3n) is 4.15. The van der Waals surface area contributed by atoms with Crippen LogP contribution >= 0.6 is 0 Å². The predicted octanol–water partition coefficient (Wildman–Crippen LogP) is 3.45. The molecule has 0 amide bonds. The molecule has 0 bridgehead atoms. The summed E-state index contributed by atoms with van der Waals surface area (Å²) < 4.78 is 0. The molecule has 1 fully saturated rings. The van der Waals surface area contributed by atoms with Gasteiger partial charge in [-0.25, -0.2) is 0 Å². The monoisotopic (exact) mass is 234 g/mol. The molecule has 1 atom stereocenters. The number of carbonyl (C=O) groups is 2. The van der Waals surface area contributed by atoms with E-state index >= 15 is 0 Å². The molecule has 0 radical (unpaired) electrons. The zero-order valence-corrected chi connectivity index (χ0v) is 10.7. The molecule has 0 spiro atoms. The lowest BCUT2D eigenvalue weighted by Gasteiger charge is -2.23. The summed E-state index contributed by atoms with van der Waals surface area (Å²) in [5, 5.41) is 0. The summed E-state index contributed by atoms with van der Waals surface area (Å²) >= 11 is 0. The van der Waals surface area contributed by atoms with Gasteiger partial charge in [0.2, 0.25) is 0 Å². The highest BCUT2D eigenvalue weighted by molar-refractivity contribution is 6.09. The maximum atomic E-state index is 11.9. The van der Waals surface area contributed by atoms with Crippen molar-refractivity contribution in [2.24, 2.45) is 11.8 Å². The number of rotatable bonds is 3. The van der Waals surface area contributed by atoms with Crippen molar-refractivity contribution in [2.75, 3.05) is 0 Å². The van der Waals surface area contributed by atoms with Crippen molar-refractivity contribution in [3.8, 4) is 0 Å². The van der Waals surface area contributed by atoms with Crippen molar-refractivity contribution >= 4 is 11.6 Å². The molecule has 2 aliphatic rings. The average molecular weight is 234 g/mol. The van der Waals surface area contributed by atoms with Gasteiger partial charge in [-0.15, -0.1) is 0 Å². The normalized spacial score (nSPS) is 27.1. The topological polar surface area (TPSA) is 34.1 Å². The standard InChI is InChI=1S/C15H22O2/c1-11-9-14(16)10-13(15(11)17)8-7-12-5-3-2-4-6-12/h10-12H,2-9H2,1H3. The van der Waals surface area contributed by atoms with E-state index in [0.29, 0.717) is 6.42 Å². The number of Topliss-reactive ketones (excluding diaryl/α,β-unsaturated/α-hetero) is 1. The van der Waals surface area contributed by atoms with Crippen LogP contribution in [-0.2, 0) is 9.59 Å². The van der Waals surface area contributed by atoms with E-state index in [2.05, 4.69) is 0 Å². The molecule has 17 heavy (non-hydrogen) atoms. The number of hydrogen-bond donors (Lipinski definition) is 0. The molecule has 1 unspecified atom stereocenters. The van der Waals surface area contributed by atoms with Crippen molar-refractivity contribution in [2.45, 2.75) is 58.3 Å². The van der Waals surface area contributed by atoms with Crippen LogP contribution in [0.5, 0.6) is 0 Å². The number of hydrogen-bond acceptors (Lipinski definition) is 2. The molecule has 2 rings (SSSR count). The minimum absolute atomic E-state index is 0.0890.